The Morgan fingerprint density at radius 2 is 1.58 bits per heavy atom. The largest absolute Gasteiger partial charge is 0.388 e. The van der Waals surface area contributed by atoms with Gasteiger partial charge in [0.2, 0.25) is 0 Å². The number of aliphatic hydroxyl groups excluding tert-OH is 1. The molecule has 1 N–H and O–H groups in total. The molecule has 0 fully saturated rings. The van der Waals surface area contributed by atoms with Crippen molar-refractivity contribution in [2.24, 2.45) is 0 Å². The molecule has 7 nitrogen and oxygen atoms in total. The van der Waals surface area contributed by atoms with Crippen molar-refractivity contribution >= 4 is 16.7 Å². The number of benzene rings is 2. The summed E-state index contributed by atoms with van der Waals surface area (Å²) in [6.07, 6.45) is 3.90. The van der Waals surface area contributed by atoms with Crippen molar-refractivity contribution in [1.82, 2.24) is 14.1 Å². The van der Waals surface area contributed by atoms with Crippen molar-refractivity contribution < 1.29 is 9.90 Å². The molecule has 0 saturated heterocycles. The molecule has 0 aliphatic rings. The Hall–Kier alpha value is -3.84. The Bertz CT molecular complexity index is 1340. The number of nitrogens with zero attached hydrogens (tertiary/aromatic N) is 3. The summed E-state index contributed by atoms with van der Waals surface area (Å²) in [5, 5.41) is 9.48. The topological polar surface area (TPSA) is 94.2 Å². The van der Waals surface area contributed by atoms with Crippen molar-refractivity contribution in [2.75, 3.05) is 6.61 Å². The van der Waals surface area contributed by atoms with Crippen LogP contribution >= 0.6 is 0 Å². The highest BCUT2D eigenvalue weighted by Gasteiger charge is 2.13. The molecule has 0 spiro atoms. The number of aromatic nitrogens is 3. The number of rotatable bonds is 7. The molecule has 7 heteroatoms. The average molecular weight is 415 g/mol. The molecule has 0 aliphatic carbocycles. The molecule has 0 aliphatic heterocycles. The van der Waals surface area contributed by atoms with Crippen LogP contribution in [0, 0.1) is 0 Å². The first kappa shape index (κ1) is 20.4. The van der Waals surface area contributed by atoms with Crippen LogP contribution in [-0.4, -0.2) is 31.6 Å². The normalized spacial score (nSPS) is 11.0. The fraction of sp³-hybridized carbons (Fsp3) is 0.167. The lowest BCUT2D eigenvalue weighted by atomic mass is 10.1. The van der Waals surface area contributed by atoms with E-state index in [4.69, 9.17) is 5.11 Å². The van der Waals surface area contributed by atoms with Gasteiger partial charge in [-0.2, -0.15) is 0 Å². The minimum Gasteiger partial charge on any atom is -0.388 e. The van der Waals surface area contributed by atoms with Gasteiger partial charge in [-0.25, -0.2) is 4.79 Å². The number of carbonyl (C=O) groups is 1. The van der Waals surface area contributed by atoms with E-state index in [1.54, 1.807) is 65.5 Å². The van der Waals surface area contributed by atoms with Crippen LogP contribution in [0.3, 0.4) is 0 Å². The van der Waals surface area contributed by atoms with Crippen LogP contribution in [0.25, 0.3) is 10.9 Å². The van der Waals surface area contributed by atoms with Crippen LogP contribution in [0.4, 0.5) is 0 Å². The zero-order valence-corrected chi connectivity index (χ0v) is 16.8. The van der Waals surface area contributed by atoms with Gasteiger partial charge >= 0.3 is 5.69 Å². The van der Waals surface area contributed by atoms with Crippen molar-refractivity contribution in [3.63, 3.8) is 0 Å². The van der Waals surface area contributed by atoms with Crippen molar-refractivity contribution in [2.45, 2.75) is 19.5 Å². The van der Waals surface area contributed by atoms with Gasteiger partial charge in [0.1, 0.15) is 6.61 Å². The SMILES string of the molecule is O=C(CO)c1ccc(Cn2c(=O)n(CCc3ccncc3)c(=O)c3ccccc32)cc1. The second-order valence-corrected chi connectivity index (χ2v) is 7.23. The van der Waals surface area contributed by atoms with E-state index in [0.29, 0.717) is 22.9 Å². The standard InChI is InChI=1S/C24H21N3O4/c28-16-22(29)19-7-5-18(6-8-19)15-27-21-4-2-1-3-20(21)23(30)26(24(27)31)14-11-17-9-12-25-13-10-17/h1-10,12-13,28H,11,14-16H2. The number of aryl methyl sites for hydroxylation is 1. The minimum atomic E-state index is -0.550. The summed E-state index contributed by atoms with van der Waals surface area (Å²) in [7, 11) is 0. The van der Waals surface area contributed by atoms with Gasteiger partial charge in [-0.15, -0.1) is 0 Å². The molecule has 2 aromatic carbocycles. The maximum absolute atomic E-state index is 13.3. The fourth-order valence-corrected chi connectivity index (χ4v) is 3.58. The molecule has 0 bridgehead atoms. The summed E-state index contributed by atoms with van der Waals surface area (Å²) in [4.78, 5) is 41.9. The summed E-state index contributed by atoms with van der Waals surface area (Å²) in [5.41, 5.74) is 2.08. The molecule has 31 heavy (non-hydrogen) atoms. The molecule has 0 atom stereocenters. The molecular weight excluding hydrogens is 394 g/mol. The number of hydrogen-bond donors (Lipinski definition) is 1. The Kier molecular flexibility index (Phi) is 5.86. The van der Waals surface area contributed by atoms with E-state index in [-0.39, 0.29) is 30.1 Å². The Balaban J connectivity index is 1.74. The maximum Gasteiger partial charge on any atom is 0.331 e. The summed E-state index contributed by atoms with van der Waals surface area (Å²) in [5.74, 6) is -0.362. The molecule has 2 heterocycles. The summed E-state index contributed by atoms with van der Waals surface area (Å²) < 4.78 is 2.85. The molecule has 0 amide bonds. The first-order chi connectivity index (χ1) is 15.1. The van der Waals surface area contributed by atoms with Crippen LogP contribution in [0.5, 0.6) is 0 Å². The predicted octanol–water partition coefficient (Wildman–Crippen LogP) is 2.02. The van der Waals surface area contributed by atoms with Gasteiger partial charge in [0.05, 0.1) is 17.4 Å². The quantitative estimate of drug-likeness (QED) is 0.466. The molecule has 2 aromatic heterocycles. The third-order valence-corrected chi connectivity index (χ3v) is 5.27. The highest BCUT2D eigenvalue weighted by molar-refractivity contribution is 5.96. The zero-order chi connectivity index (χ0) is 21.8. The smallest absolute Gasteiger partial charge is 0.331 e. The first-order valence-corrected chi connectivity index (χ1v) is 9.93. The van der Waals surface area contributed by atoms with Crippen molar-refractivity contribution in [3.8, 4) is 0 Å². The lowest BCUT2D eigenvalue weighted by Crippen LogP contribution is -2.40. The van der Waals surface area contributed by atoms with Gasteiger partial charge in [-0.1, -0.05) is 36.4 Å². The second kappa shape index (κ2) is 8.89. The summed E-state index contributed by atoms with van der Waals surface area (Å²) in [6.45, 7) is -0.0369. The number of pyridine rings is 1. The molecule has 4 rings (SSSR count). The lowest BCUT2D eigenvalue weighted by Gasteiger charge is -2.14. The highest BCUT2D eigenvalue weighted by Crippen LogP contribution is 2.12. The van der Waals surface area contributed by atoms with Gasteiger partial charge in [0.25, 0.3) is 5.56 Å². The van der Waals surface area contributed by atoms with Gasteiger partial charge in [-0.3, -0.25) is 23.7 Å². The molecule has 4 aromatic rings. The Morgan fingerprint density at radius 3 is 2.29 bits per heavy atom. The van der Waals surface area contributed by atoms with Gasteiger partial charge in [0, 0.05) is 24.5 Å². The second-order valence-electron chi connectivity index (χ2n) is 7.23. The van der Waals surface area contributed by atoms with Crippen molar-refractivity contribution in [3.05, 3.63) is 111 Å². The lowest BCUT2D eigenvalue weighted by molar-refractivity contribution is 0.0903. The van der Waals surface area contributed by atoms with Crippen LogP contribution in [-0.2, 0) is 19.5 Å². The van der Waals surface area contributed by atoms with Gasteiger partial charge in [-0.05, 0) is 41.8 Å². The van der Waals surface area contributed by atoms with Crippen LogP contribution in [0.2, 0.25) is 0 Å². The van der Waals surface area contributed by atoms with Crippen LogP contribution in [0.15, 0.2) is 82.6 Å². The fourth-order valence-electron chi connectivity index (χ4n) is 3.58. The number of Topliss-reactive ketones (excluding diaryl/α,β-unsaturated/α-hetero) is 1. The third kappa shape index (κ3) is 4.22. The van der Waals surface area contributed by atoms with E-state index in [2.05, 4.69) is 4.98 Å². The molecule has 0 saturated carbocycles. The average Bonchev–Trinajstić information content (AvgIpc) is 2.82. The monoisotopic (exact) mass is 415 g/mol. The van der Waals surface area contributed by atoms with E-state index in [1.165, 1.54) is 4.57 Å². The molecule has 0 radical (unpaired) electrons. The number of carbonyl (C=O) groups excluding carboxylic acids is 1. The zero-order valence-electron chi connectivity index (χ0n) is 16.8. The van der Waals surface area contributed by atoms with E-state index < -0.39 is 6.61 Å². The first-order valence-electron chi connectivity index (χ1n) is 9.93. The third-order valence-electron chi connectivity index (χ3n) is 5.27. The molecular formula is C24H21N3O4. The Morgan fingerprint density at radius 1 is 0.871 bits per heavy atom. The van der Waals surface area contributed by atoms with E-state index in [1.807, 2.05) is 12.1 Å². The minimum absolute atomic E-state index is 0.252. The number of para-hydroxylation sites is 1. The molecule has 156 valence electrons. The highest BCUT2D eigenvalue weighted by atomic mass is 16.3. The summed E-state index contributed by atoms with van der Waals surface area (Å²) >= 11 is 0. The van der Waals surface area contributed by atoms with E-state index in [0.717, 1.165) is 11.1 Å². The maximum atomic E-state index is 13.3. The van der Waals surface area contributed by atoms with Crippen LogP contribution in [0.1, 0.15) is 21.5 Å². The van der Waals surface area contributed by atoms with E-state index in [9.17, 15) is 14.4 Å². The Labute approximate surface area is 177 Å². The van der Waals surface area contributed by atoms with E-state index >= 15 is 0 Å². The number of ketones is 1. The summed E-state index contributed by atoms with van der Waals surface area (Å²) in [6, 6.07) is 17.5. The predicted molar refractivity (Wildman–Crippen MR) is 117 cm³/mol. The van der Waals surface area contributed by atoms with Crippen LogP contribution < -0.4 is 11.2 Å². The van der Waals surface area contributed by atoms with Gasteiger partial charge < -0.3 is 5.11 Å². The molecule has 0 unspecified atom stereocenters. The number of hydrogen-bond acceptors (Lipinski definition) is 5. The van der Waals surface area contributed by atoms with Gasteiger partial charge in [0.15, 0.2) is 5.78 Å². The van der Waals surface area contributed by atoms with Crippen molar-refractivity contribution in [1.29, 1.82) is 0 Å². The number of fused-ring (bicyclic) bond motifs is 1. The number of aliphatic hydroxyl groups is 1.